The first-order valence-electron chi connectivity index (χ1n) is 5.43. The maximum atomic E-state index is 4.90. The molecule has 2 aliphatic rings. The van der Waals surface area contributed by atoms with E-state index < -0.39 is 9.20 Å². The number of rotatable bonds is 0. The molecular weight excluding hydrogens is 390 g/mol. The molecule has 0 aromatic rings. The summed E-state index contributed by atoms with van der Waals surface area (Å²) in [6.45, 7) is 0. The van der Waals surface area contributed by atoms with Crippen molar-refractivity contribution >= 4 is 62.2 Å². The molecule has 17 heavy (non-hydrogen) atoms. The topological polar surface area (TPSA) is 0 Å². The molecule has 0 atom stereocenters. The molecule has 7 heteroatoms. The monoisotopic (exact) mass is 409 g/mol. The Kier molecular flexibility index (Phi) is 12.6. The van der Waals surface area contributed by atoms with Crippen LogP contribution in [0.25, 0.3) is 0 Å². The van der Waals surface area contributed by atoms with Crippen LogP contribution < -0.4 is 0 Å². The zero-order valence-corrected chi connectivity index (χ0v) is 15.9. The van der Waals surface area contributed by atoms with Gasteiger partial charge in [-0.3, -0.25) is 0 Å². The molecule has 0 aromatic heterocycles. The van der Waals surface area contributed by atoms with Crippen molar-refractivity contribution in [3.8, 4) is 0 Å². The predicted octanol–water partition coefficient (Wildman–Crippen LogP) is 4.81. The maximum absolute atomic E-state index is 4.90. The fourth-order valence-electron chi connectivity index (χ4n) is 1.60. The van der Waals surface area contributed by atoms with E-state index in [0.717, 1.165) is 21.8 Å². The molecular formula is C10H22Cl4CuS2. The zero-order valence-electron chi connectivity index (χ0n) is 10.3. The molecule has 0 bridgehead atoms. The third-order valence-corrected chi connectivity index (χ3v) is 6.41. The first-order chi connectivity index (χ1) is 7.79. The molecule has 2 rings (SSSR count). The fraction of sp³-hybridized carbons (Fsp3) is 1.00. The summed E-state index contributed by atoms with van der Waals surface area (Å²) in [6.07, 6.45) is 10.7. The van der Waals surface area contributed by atoms with Crippen molar-refractivity contribution in [1.82, 2.24) is 0 Å². The molecule has 0 amide bonds. The van der Waals surface area contributed by atoms with Crippen LogP contribution in [0.3, 0.4) is 0 Å². The fourth-order valence-corrected chi connectivity index (χ4v) is 4.79. The van der Waals surface area contributed by atoms with Gasteiger partial charge in [0.25, 0.3) is 0 Å². The Morgan fingerprint density at radius 1 is 0.647 bits per heavy atom. The Balaban J connectivity index is 0.000000228. The average molecular weight is 412 g/mol. The molecule has 113 valence electrons. The van der Waals surface area contributed by atoms with Gasteiger partial charge in [0.05, 0.1) is 12.5 Å². The number of hydrogen-bond donors (Lipinski definition) is 0. The van der Waals surface area contributed by atoms with Crippen LogP contribution in [-0.4, -0.2) is 35.5 Å². The van der Waals surface area contributed by atoms with Gasteiger partial charge >= 0.3 is 49.6 Å². The van der Waals surface area contributed by atoms with Crippen LogP contribution in [0.4, 0.5) is 0 Å². The van der Waals surface area contributed by atoms with Gasteiger partial charge in [-0.1, -0.05) is 0 Å². The summed E-state index contributed by atoms with van der Waals surface area (Å²) in [5.74, 6) is 6.06. The van der Waals surface area contributed by atoms with Gasteiger partial charge in [-0.15, -0.1) is 0 Å². The van der Waals surface area contributed by atoms with Crippen LogP contribution in [0.15, 0.2) is 0 Å². The van der Waals surface area contributed by atoms with Crippen molar-refractivity contribution in [3.05, 3.63) is 0 Å². The standard InChI is InChI=1S/2C5H11S.4ClH.Cu/c2*1-6-4-2-3-5-6;;;;;/h2*2-5H2,1H3;4*1H;/q2*+1;;;;;+2/p-4. The molecule has 0 N–H and O–H groups in total. The zero-order chi connectivity index (χ0) is 13.3. The Labute approximate surface area is 131 Å². The van der Waals surface area contributed by atoms with Gasteiger partial charge in [0.1, 0.15) is 23.0 Å². The summed E-state index contributed by atoms with van der Waals surface area (Å²) in [5, 5.41) is 0. The van der Waals surface area contributed by atoms with Gasteiger partial charge in [-0.2, -0.15) is 0 Å². The van der Waals surface area contributed by atoms with Crippen LogP contribution in [0, 0.1) is 0 Å². The van der Waals surface area contributed by atoms with E-state index in [1.165, 1.54) is 48.7 Å². The summed E-state index contributed by atoms with van der Waals surface area (Å²) in [5.41, 5.74) is 0. The van der Waals surface area contributed by atoms with E-state index in [1.54, 1.807) is 0 Å². The van der Waals surface area contributed by atoms with Crippen molar-refractivity contribution in [2.45, 2.75) is 25.7 Å². The quantitative estimate of drug-likeness (QED) is 0.396. The van der Waals surface area contributed by atoms with Gasteiger partial charge in [-0.25, -0.2) is 0 Å². The van der Waals surface area contributed by atoms with E-state index in [4.69, 9.17) is 40.4 Å². The summed E-state index contributed by atoms with van der Waals surface area (Å²) < 4.78 is 0. The van der Waals surface area contributed by atoms with Crippen LogP contribution in [0.2, 0.25) is 0 Å². The summed E-state index contributed by atoms with van der Waals surface area (Å²) in [4.78, 5) is 0. The Morgan fingerprint density at radius 3 is 0.882 bits per heavy atom. The molecule has 0 radical (unpaired) electrons. The summed E-state index contributed by atoms with van der Waals surface area (Å²) in [7, 11) is 19.0. The average Bonchev–Trinajstić information content (AvgIpc) is 2.76. The third kappa shape index (κ3) is 18.4. The predicted molar refractivity (Wildman–Crippen MR) is 87.9 cm³/mol. The number of hydrogen-bond acceptors (Lipinski definition) is 0. The van der Waals surface area contributed by atoms with Crippen LogP contribution in [-0.2, 0) is 31.0 Å². The molecule has 0 aliphatic carbocycles. The molecule has 0 saturated carbocycles. The summed E-state index contributed by atoms with van der Waals surface area (Å²) >= 11 is 0. The second-order valence-corrected chi connectivity index (χ2v) is 18.1. The van der Waals surface area contributed by atoms with Gasteiger partial charge in [0, 0.05) is 0 Å². The second-order valence-electron chi connectivity index (χ2n) is 4.05. The third-order valence-electron chi connectivity index (χ3n) is 2.47. The molecule has 2 saturated heterocycles. The van der Waals surface area contributed by atoms with Crippen molar-refractivity contribution in [2.75, 3.05) is 35.5 Å². The minimum atomic E-state index is -2.24. The Bertz CT molecular complexity index is 158. The van der Waals surface area contributed by atoms with E-state index in [-0.39, 0.29) is 0 Å². The van der Waals surface area contributed by atoms with Crippen LogP contribution in [0.5, 0.6) is 0 Å². The minimum absolute atomic E-state index is 0.827. The van der Waals surface area contributed by atoms with Gasteiger partial charge in [-0.05, 0) is 47.5 Å². The number of halogens is 4. The van der Waals surface area contributed by atoms with Crippen molar-refractivity contribution in [2.24, 2.45) is 0 Å². The van der Waals surface area contributed by atoms with E-state index in [0.29, 0.717) is 0 Å². The first kappa shape index (κ1) is 19.4. The molecule has 2 heterocycles. The first-order valence-corrected chi connectivity index (χ1v) is 14.6. The molecule has 0 unspecified atom stereocenters. The van der Waals surface area contributed by atoms with Crippen molar-refractivity contribution < 1.29 is 9.20 Å². The van der Waals surface area contributed by atoms with E-state index in [9.17, 15) is 0 Å². The molecule has 0 nitrogen and oxygen atoms in total. The Hall–Kier alpha value is 2.38. The van der Waals surface area contributed by atoms with E-state index in [2.05, 4.69) is 12.5 Å². The SMILES string of the molecule is C[S+]1CCCC1.C[S+]1CCCC1.[Cl][Cu-2]([Cl])([Cl])[Cl]. The van der Waals surface area contributed by atoms with E-state index in [1.807, 2.05) is 0 Å². The molecule has 2 fully saturated rings. The molecule has 0 aromatic carbocycles. The van der Waals surface area contributed by atoms with Crippen LogP contribution in [0.1, 0.15) is 25.7 Å². The van der Waals surface area contributed by atoms with E-state index >= 15 is 0 Å². The van der Waals surface area contributed by atoms with Crippen molar-refractivity contribution in [1.29, 1.82) is 0 Å². The van der Waals surface area contributed by atoms with Gasteiger partial charge in [0.2, 0.25) is 0 Å². The Morgan fingerprint density at radius 2 is 0.824 bits per heavy atom. The van der Waals surface area contributed by atoms with Gasteiger partial charge in [0.15, 0.2) is 0 Å². The second kappa shape index (κ2) is 11.1. The summed E-state index contributed by atoms with van der Waals surface area (Å²) in [6, 6.07) is 0. The van der Waals surface area contributed by atoms with Crippen LogP contribution >= 0.6 is 40.4 Å². The van der Waals surface area contributed by atoms with Gasteiger partial charge < -0.3 is 0 Å². The normalized spacial score (nSPS) is 22.5. The molecule has 2 aliphatic heterocycles. The molecule has 0 spiro atoms. The van der Waals surface area contributed by atoms with Crippen molar-refractivity contribution in [3.63, 3.8) is 0 Å².